The first-order valence-electron chi connectivity index (χ1n) is 27.8. The van der Waals surface area contributed by atoms with Gasteiger partial charge in [0, 0.05) is 31.7 Å². The van der Waals surface area contributed by atoms with E-state index < -0.39 is 128 Å². The summed E-state index contributed by atoms with van der Waals surface area (Å²) in [7, 11) is -7.68. The molecule has 1 unspecified atom stereocenters. The van der Waals surface area contributed by atoms with Gasteiger partial charge in [-0.1, -0.05) is 58.6 Å². The molecule has 11 atom stereocenters. The molecule has 29 nitrogen and oxygen atoms in total. The molecule has 5 N–H and O–H groups in total. The van der Waals surface area contributed by atoms with Crippen LogP contribution in [0.5, 0.6) is 0 Å². The zero-order valence-corrected chi connectivity index (χ0v) is 53.7. The maximum absolute atomic E-state index is 16.9. The number of benzene rings is 1. The first-order valence-corrected chi connectivity index (χ1v) is 38.1. The Bertz CT molecular complexity index is 3340. The lowest BCUT2D eigenvalue weighted by atomic mass is 10.1. The van der Waals surface area contributed by atoms with E-state index in [4.69, 9.17) is 53.3 Å². The van der Waals surface area contributed by atoms with Gasteiger partial charge in [-0.3, -0.25) is 37.4 Å². The zero-order chi connectivity index (χ0) is 62.3. The van der Waals surface area contributed by atoms with Gasteiger partial charge in [0.05, 0.1) is 58.3 Å². The number of ether oxygens (including phenoxy) is 4. The maximum Gasteiger partial charge on any atom is 0.695 e. The van der Waals surface area contributed by atoms with Crippen molar-refractivity contribution in [2.24, 2.45) is 0 Å². The summed E-state index contributed by atoms with van der Waals surface area (Å²) in [6.45, 7) is 12.2. The van der Waals surface area contributed by atoms with E-state index in [9.17, 15) is 38.5 Å². The van der Waals surface area contributed by atoms with Crippen molar-refractivity contribution in [2.75, 3.05) is 58.2 Å². The quantitative estimate of drug-likeness (QED) is 0.0199. The molecule has 0 spiro atoms. The predicted octanol–water partition coefficient (Wildman–Crippen LogP) is 5.04. The minimum absolute atomic E-state index is 0.00887. The molecule has 3 aliphatic heterocycles. The Morgan fingerprint density at radius 3 is 2.26 bits per heavy atom. The molecule has 470 valence electrons. The van der Waals surface area contributed by atoms with Crippen LogP contribution in [0, 0.1) is 0 Å². The minimum Gasteiger partial charge on any atom is -0.450 e. The van der Waals surface area contributed by atoms with Crippen molar-refractivity contribution < 1.29 is 79.6 Å². The van der Waals surface area contributed by atoms with Crippen LogP contribution < -0.4 is 21.5 Å². The second-order valence-corrected chi connectivity index (χ2v) is 37.4. The van der Waals surface area contributed by atoms with Gasteiger partial charge in [-0.05, 0) is 61.0 Å². The van der Waals surface area contributed by atoms with Crippen LogP contribution in [0.2, 0.25) is 43.8 Å². The fourth-order valence-electron chi connectivity index (χ4n) is 9.42. The van der Waals surface area contributed by atoms with Gasteiger partial charge in [0.15, 0.2) is 61.2 Å². The van der Waals surface area contributed by atoms with Crippen molar-refractivity contribution >= 4 is 95.1 Å². The molecule has 0 aliphatic carbocycles. The number of aliphatic hydroxyl groups excluding tert-OH is 1. The van der Waals surface area contributed by atoms with Crippen LogP contribution in [0.1, 0.15) is 63.4 Å². The number of carbonyl (C=O) groups is 4. The van der Waals surface area contributed by atoms with Gasteiger partial charge in [-0.25, -0.2) is 34.1 Å². The highest BCUT2D eigenvalue weighted by Gasteiger charge is 2.56. The lowest BCUT2D eigenvalue weighted by molar-refractivity contribution is -0.130. The molecule has 4 aromatic heterocycles. The van der Waals surface area contributed by atoms with Crippen LogP contribution in [-0.2, 0) is 74.0 Å². The molecular weight excluding hydrogens is 1220 g/mol. The summed E-state index contributed by atoms with van der Waals surface area (Å²) in [5.74, 6) is -1.23. The molecule has 0 bridgehead atoms. The number of halogens is 1. The maximum atomic E-state index is 16.9. The van der Waals surface area contributed by atoms with Crippen molar-refractivity contribution in [2.45, 2.75) is 146 Å². The number of rotatable bonds is 27. The van der Waals surface area contributed by atoms with E-state index in [2.05, 4.69) is 60.5 Å². The zero-order valence-electron chi connectivity index (χ0n) is 49.1. The molecule has 8 rings (SSSR count). The van der Waals surface area contributed by atoms with E-state index in [1.165, 1.54) is 39.6 Å². The fraction of sp³-hybridized carbons (Fsp3) is 0.608. The normalized spacial score (nSPS) is 23.6. The van der Waals surface area contributed by atoms with Crippen LogP contribution in [0.15, 0.2) is 60.4 Å². The van der Waals surface area contributed by atoms with E-state index >= 15 is 4.39 Å². The van der Waals surface area contributed by atoms with Crippen molar-refractivity contribution in [3.63, 3.8) is 0 Å². The number of alkyl carbamates (subject to hydrolysis) is 1. The average Bonchev–Trinajstić information content (AvgIpc) is 1.69. The molecule has 86 heavy (non-hydrogen) atoms. The molecule has 0 radical (unpaired) electrons. The third kappa shape index (κ3) is 16.2. The number of anilines is 1. The third-order valence-corrected chi connectivity index (χ3v) is 24.0. The second-order valence-electron chi connectivity index (χ2n) is 23.4. The van der Waals surface area contributed by atoms with Crippen LogP contribution in [0.4, 0.5) is 15.0 Å². The summed E-state index contributed by atoms with van der Waals surface area (Å²) < 4.78 is 89.0. The largest absolute Gasteiger partial charge is 0.695 e. The van der Waals surface area contributed by atoms with Gasteiger partial charge in [0.2, 0.25) is 11.8 Å². The topological polar surface area (TPSA) is 345 Å². The third-order valence-electron chi connectivity index (χ3n) is 15.1. The highest BCUT2D eigenvalue weighted by molar-refractivity contribution is 8.07. The van der Waals surface area contributed by atoms with Gasteiger partial charge in [-0.15, -0.1) is 9.42 Å². The van der Waals surface area contributed by atoms with Crippen molar-refractivity contribution in [3.05, 3.63) is 71.6 Å². The van der Waals surface area contributed by atoms with Gasteiger partial charge in [0.25, 0.3) is 11.5 Å². The number of aromatic nitrogens is 8. The Hall–Kier alpha value is -5.49. The highest BCUT2D eigenvalue weighted by atomic mass is 32.5. The van der Waals surface area contributed by atoms with E-state index in [1.54, 1.807) is 35.2 Å². The second kappa shape index (κ2) is 28.3. The molecule has 35 heteroatoms. The molecular formula is C51H74FN12O17P2SSi2+. The Morgan fingerprint density at radius 2 is 1.57 bits per heavy atom. The molecule has 0 saturated carbocycles. The number of hydrogen-bond donors (Lipinski definition) is 5. The molecule has 4 amide bonds. The molecule has 3 aliphatic rings. The molecule has 5 aromatic rings. The Morgan fingerprint density at radius 1 is 0.884 bits per heavy atom. The van der Waals surface area contributed by atoms with Crippen molar-refractivity contribution in [1.29, 1.82) is 0 Å². The number of nitrogens with zero attached hydrogens (tertiary/aromatic N) is 9. The minimum atomic E-state index is -4.30. The summed E-state index contributed by atoms with van der Waals surface area (Å²) in [6, 6.07) is 8.64. The number of likely N-dealkylation sites (tertiary alicyclic amines) is 1. The first kappa shape index (κ1) is 66.5. The molecule has 3 saturated heterocycles. The highest BCUT2D eigenvalue weighted by Crippen LogP contribution is 2.56. The number of hydrogen-bond acceptors (Lipinski definition) is 22. The summed E-state index contributed by atoms with van der Waals surface area (Å²) in [6.07, 6.45) is -6.57. The first-order chi connectivity index (χ1) is 40.7. The molecule has 7 heterocycles. The van der Waals surface area contributed by atoms with Gasteiger partial charge < -0.3 is 58.4 Å². The van der Waals surface area contributed by atoms with Crippen LogP contribution in [0.3, 0.4) is 0 Å². The smallest absolute Gasteiger partial charge is 0.450 e. The lowest BCUT2D eigenvalue weighted by Crippen LogP contribution is -2.50. The van der Waals surface area contributed by atoms with Gasteiger partial charge in [0.1, 0.15) is 50.3 Å². The van der Waals surface area contributed by atoms with Gasteiger partial charge >= 0.3 is 21.1 Å². The molecule has 3 fully saturated rings. The number of amides is 4. The fourth-order valence-corrected chi connectivity index (χ4v) is 14.0. The number of aliphatic hydroxyl groups is 1. The van der Waals surface area contributed by atoms with Crippen molar-refractivity contribution in [3.8, 4) is 0 Å². The number of nitrogens with one attached hydrogen (secondary N) is 3. The molecule has 1 aromatic carbocycles. The SMILES string of the molecule is CC(=O)N1CCC[C@@H]1CO[P@@](=S)(OC[C@H]1O[C@@H](n2cnc3c(NC(=O)c4ccccc4)ncnc32)[C@H](F)[C@@H]1O[P+](=O)O)O[C@@H]1[C@H](O[Si](C)(C)C(C)(C)C)[C@@H](CO)O[C@H]1n1cnc2c(=O)n(CCOCNC(=O)CNC(=O)OCC[Si](C)(C)C)cnc21. The van der Waals surface area contributed by atoms with E-state index in [1.807, 2.05) is 33.9 Å². The number of imidazole rings is 2. The summed E-state index contributed by atoms with van der Waals surface area (Å²) in [4.78, 5) is 97.9. The van der Waals surface area contributed by atoms with Crippen LogP contribution in [0.25, 0.3) is 22.3 Å². The monoisotopic (exact) mass is 1300 g/mol. The van der Waals surface area contributed by atoms with E-state index in [-0.39, 0.29) is 73.7 Å². The average molecular weight is 1300 g/mol. The summed E-state index contributed by atoms with van der Waals surface area (Å²) in [5.41, 5.74) is -0.199. The summed E-state index contributed by atoms with van der Waals surface area (Å²) >= 11 is 6.27. The summed E-state index contributed by atoms with van der Waals surface area (Å²) in [5, 5.41) is 18.2. The van der Waals surface area contributed by atoms with E-state index in [0.717, 1.165) is 12.4 Å². The number of carbonyl (C=O) groups excluding carboxylic acids is 4. The Labute approximate surface area is 502 Å². The standard InChI is InChI=1S/C51H73FN12O17P2SSi2/c1-31(66)62-17-13-16-33(62)24-75-83(84,76-25-35-40(79-82(71)72)37(52)48(78-35)63-28-56-38-43(54-26-55-44(38)63)60-46(68)32-14-11-10-12-15-32)80-42-41(81-86(8,9)51(2,3)4)34(23-65)77-49(42)64-29-57-39-45(64)58-27-61(47(39)69)18-19-73-30-59-36(67)22-53-50(70)74-20-21-85(5,6)7/h10-12,14-15,26-29,33-35,37,40-42,48-49,65H,13,16-25,30H2,1-9H3,(H3-,53,54,55,59,60,67,68,70,71,72)/p+1/t33-,34-,35-,37-,40-,41-,42-,48-,49-,83-/m1/s1. The van der Waals surface area contributed by atoms with Gasteiger partial charge in [-0.2, -0.15) is 0 Å². The number of fused-ring (bicyclic) bond motifs is 2. The number of alkyl halides is 1. The van der Waals surface area contributed by atoms with Crippen molar-refractivity contribution in [1.82, 2.24) is 54.2 Å². The predicted molar refractivity (Wildman–Crippen MR) is 316 cm³/mol. The van der Waals surface area contributed by atoms with Crippen LogP contribution >= 0.6 is 15.0 Å². The Balaban J connectivity index is 1.04. The Kier molecular flexibility index (Phi) is 21.9. The lowest BCUT2D eigenvalue weighted by Gasteiger charge is -2.41. The van der Waals surface area contributed by atoms with E-state index in [0.29, 0.717) is 24.9 Å². The van der Waals surface area contributed by atoms with Crippen LogP contribution in [-0.4, -0.2) is 189 Å².